The van der Waals surface area contributed by atoms with Crippen LogP contribution in [0.25, 0.3) is 17.1 Å². The molecule has 0 spiro atoms. The third-order valence-corrected chi connectivity index (χ3v) is 3.71. The lowest BCUT2D eigenvalue weighted by atomic mass is 10.1. The Labute approximate surface area is 134 Å². The molecule has 2 aromatic carbocycles. The number of aromatic nitrogens is 3. The minimum Gasteiger partial charge on any atom is -0.507 e. The molecule has 0 radical (unpaired) electrons. The monoisotopic (exact) mass is 310 g/mol. The number of phenols is 1. The fourth-order valence-corrected chi connectivity index (χ4v) is 2.46. The number of ether oxygens (including phenoxy) is 1. The van der Waals surface area contributed by atoms with Crippen molar-refractivity contribution in [1.82, 2.24) is 14.8 Å². The third kappa shape index (κ3) is 2.70. The molecule has 6 heteroatoms. The van der Waals surface area contributed by atoms with Crippen LogP contribution in [0.1, 0.15) is 12.5 Å². The number of nitrogens with zero attached hydrogens (tertiary/aromatic N) is 3. The molecule has 3 aromatic rings. The van der Waals surface area contributed by atoms with Gasteiger partial charge in [0, 0.05) is 6.07 Å². The second kappa shape index (κ2) is 6.00. The van der Waals surface area contributed by atoms with Crippen LogP contribution in [-0.4, -0.2) is 27.0 Å². The van der Waals surface area contributed by atoms with Crippen LogP contribution in [0.2, 0.25) is 0 Å². The predicted octanol–water partition coefficient (Wildman–Crippen LogP) is 2.79. The van der Waals surface area contributed by atoms with Gasteiger partial charge in [-0.25, -0.2) is 0 Å². The zero-order valence-electron chi connectivity index (χ0n) is 13.0. The SMILES string of the molecule is CCc1ccc(O)c(-c2nnc(N)n2-c2cccc(OC)c2)c1. The molecule has 0 aliphatic carbocycles. The van der Waals surface area contributed by atoms with Crippen molar-refractivity contribution in [1.29, 1.82) is 0 Å². The van der Waals surface area contributed by atoms with Crippen molar-refractivity contribution in [2.75, 3.05) is 12.8 Å². The Bertz CT molecular complexity index is 842. The molecule has 1 heterocycles. The highest BCUT2D eigenvalue weighted by Gasteiger charge is 2.17. The van der Waals surface area contributed by atoms with Gasteiger partial charge < -0.3 is 15.6 Å². The van der Waals surface area contributed by atoms with Crippen LogP contribution in [0.5, 0.6) is 11.5 Å². The number of aromatic hydroxyl groups is 1. The van der Waals surface area contributed by atoms with E-state index in [2.05, 4.69) is 17.1 Å². The summed E-state index contributed by atoms with van der Waals surface area (Å²) in [6.07, 6.45) is 0.857. The third-order valence-electron chi connectivity index (χ3n) is 3.71. The first-order valence-electron chi connectivity index (χ1n) is 7.31. The standard InChI is InChI=1S/C17H18N4O2/c1-3-11-7-8-15(22)14(9-11)16-19-20-17(18)21(16)12-5-4-6-13(10-12)23-2/h4-10,22H,3H2,1-2H3,(H2,18,20). The summed E-state index contributed by atoms with van der Waals surface area (Å²) in [4.78, 5) is 0. The summed E-state index contributed by atoms with van der Waals surface area (Å²) in [6, 6.07) is 12.9. The molecule has 0 amide bonds. The van der Waals surface area contributed by atoms with Gasteiger partial charge in [-0.3, -0.25) is 4.57 Å². The van der Waals surface area contributed by atoms with Gasteiger partial charge in [0.25, 0.3) is 0 Å². The molecule has 0 bridgehead atoms. The van der Waals surface area contributed by atoms with Crippen LogP contribution in [0.3, 0.4) is 0 Å². The smallest absolute Gasteiger partial charge is 0.226 e. The van der Waals surface area contributed by atoms with Crippen LogP contribution in [0, 0.1) is 0 Å². The minimum absolute atomic E-state index is 0.138. The average molecular weight is 310 g/mol. The zero-order chi connectivity index (χ0) is 16.4. The maximum absolute atomic E-state index is 10.2. The second-order valence-electron chi connectivity index (χ2n) is 5.12. The van der Waals surface area contributed by atoms with Gasteiger partial charge >= 0.3 is 0 Å². The van der Waals surface area contributed by atoms with E-state index < -0.39 is 0 Å². The molecule has 0 atom stereocenters. The van der Waals surface area contributed by atoms with Crippen molar-refractivity contribution < 1.29 is 9.84 Å². The quantitative estimate of drug-likeness (QED) is 0.774. The molecule has 23 heavy (non-hydrogen) atoms. The van der Waals surface area contributed by atoms with Gasteiger partial charge in [-0.05, 0) is 36.2 Å². The normalized spacial score (nSPS) is 10.7. The van der Waals surface area contributed by atoms with Gasteiger partial charge in [-0.2, -0.15) is 0 Å². The van der Waals surface area contributed by atoms with E-state index in [4.69, 9.17) is 10.5 Å². The summed E-state index contributed by atoms with van der Waals surface area (Å²) >= 11 is 0. The minimum atomic E-state index is 0.138. The molecule has 3 rings (SSSR count). The number of nitrogens with two attached hydrogens (primary N) is 1. The zero-order valence-corrected chi connectivity index (χ0v) is 13.0. The van der Waals surface area contributed by atoms with Gasteiger partial charge in [0.2, 0.25) is 5.95 Å². The van der Waals surface area contributed by atoms with Gasteiger partial charge in [-0.1, -0.05) is 19.1 Å². The Hall–Kier alpha value is -3.02. The van der Waals surface area contributed by atoms with Crippen molar-refractivity contribution in [3.63, 3.8) is 0 Å². The van der Waals surface area contributed by atoms with Gasteiger partial charge in [0.05, 0.1) is 18.4 Å². The number of rotatable bonds is 4. The average Bonchev–Trinajstić information content (AvgIpc) is 2.97. The molecule has 0 fully saturated rings. The van der Waals surface area contributed by atoms with E-state index in [1.165, 1.54) is 0 Å². The maximum atomic E-state index is 10.2. The van der Waals surface area contributed by atoms with E-state index in [0.29, 0.717) is 17.1 Å². The predicted molar refractivity (Wildman–Crippen MR) is 88.8 cm³/mol. The summed E-state index contributed by atoms with van der Waals surface area (Å²) in [5.41, 5.74) is 8.44. The molecule has 0 aliphatic rings. The molecule has 0 saturated heterocycles. The summed E-state index contributed by atoms with van der Waals surface area (Å²) in [5, 5.41) is 18.3. The van der Waals surface area contributed by atoms with E-state index in [1.807, 2.05) is 36.4 Å². The lowest BCUT2D eigenvalue weighted by molar-refractivity contribution is 0.414. The molecule has 118 valence electrons. The Morgan fingerprint density at radius 3 is 2.74 bits per heavy atom. The fourth-order valence-electron chi connectivity index (χ4n) is 2.46. The topological polar surface area (TPSA) is 86.2 Å². The Morgan fingerprint density at radius 1 is 1.17 bits per heavy atom. The molecule has 0 saturated carbocycles. The first-order valence-corrected chi connectivity index (χ1v) is 7.31. The van der Waals surface area contributed by atoms with Crippen LogP contribution in [0.4, 0.5) is 5.95 Å². The molecule has 3 N–H and O–H groups in total. The van der Waals surface area contributed by atoms with E-state index in [9.17, 15) is 5.11 Å². The van der Waals surface area contributed by atoms with Crippen molar-refractivity contribution in [2.24, 2.45) is 0 Å². The fraction of sp³-hybridized carbons (Fsp3) is 0.176. The van der Waals surface area contributed by atoms with Crippen molar-refractivity contribution in [2.45, 2.75) is 13.3 Å². The summed E-state index contributed by atoms with van der Waals surface area (Å²) < 4.78 is 6.95. The summed E-state index contributed by atoms with van der Waals surface area (Å²) in [5.74, 6) is 1.57. The van der Waals surface area contributed by atoms with E-state index in [0.717, 1.165) is 17.7 Å². The van der Waals surface area contributed by atoms with Crippen molar-refractivity contribution >= 4 is 5.95 Å². The van der Waals surface area contributed by atoms with Crippen LogP contribution in [0.15, 0.2) is 42.5 Å². The van der Waals surface area contributed by atoms with Crippen molar-refractivity contribution in [3.05, 3.63) is 48.0 Å². The molecule has 6 nitrogen and oxygen atoms in total. The first kappa shape index (κ1) is 14.9. The molecular weight excluding hydrogens is 292 g/mol. The van der Waals surface area contributed by atoms with E-state index in [-0.39, 0.29) is 11.7 Å². The van der Waals surface area contributed by atoms with Gasteiger partial charge in [-0.15, -0.1) is 10.2 Å². The molecular formula is C17H18N4O2. The number of phenolic OH excluding ortho intramolecular Hbond substituents is 1. The lowest BCUT2D eigenvalue weighted by Crippen LogP contribution is -2.03. The highest BCUT2D eigenvalue weighted by Crippen LogP contribution is 2.32. The van der Waals surface area contributed by atoms with Crippen molar-refractivity contribution in [3.8, 4) is 28.6 Å². The number of hydrogen-bond acceptors (Lipinski definition) is 5. The first-order chi connectivity index (χ1) is 11.1. The van der Waals surface area contributed by atoms with Gasteiger partial charge in [0.15, 0.2) is 5.82 Å². The lowest BCUT2D eigenvalue weighted by Gasteiger charge is -2.11. The molecule has 0 aliphatic heterocycles. The number of benzene rings is 2. The number of anilines is 1. The van der Waals surface area contributed by atoms with Crippen LogP contribution in [-0.2, 0) is 6.42 Å². The number of methoxy groups -OCH3 is 1. The number of aryl methyl sites for hydroxylation is 1. The number of nitrogen functional groups attached to an aromatic ring is 1. The maximum Gasteiger partial charge on any atom is 0.226 e. The second-order valence-corrected chi connectivity index (χ2v) is 5.12. The highest BCUT2D eigenvalue weighted by atomic mass is 16.5. The van der Waals surface area contributed by atoms with E-state index in [1.54, 1.807) is 17.7 Å². The Morgan fingerprint density at radius 2 is 2.00 bits per heavy atom. The van der Waals surface area contributed by atoms with Crippen LogP contribution >= 0.6 is 0 Å². The molecule has 0 unspecified atom stereocenters. The van der Waals surface area contributed by atoms with Gasteiger partial charge in [0.1, 0.15) is 11.5 Å². The van der Waals surface area contributed by atoms with E-state index >= 15 is 0 Å². The summed E-state index contributed by atoms with van der Waals surface area (Å²) in [7, 11) is 1.60. The highest BCUT2D eigenvalue weighted by molar-refractivity contribution is 5.68. The summed E-state index contributed by atoms with van der Waals surface area (Å²) in [6.45, 7) is 2.05. The number of hydrogen-bond donors (Lipinski definition) is 2. The van der Waals surface area contributed by atoms with Crippen LogP contribution < -0.4 is 10.5 Å². The molecule has 1 aromatic heterocycles. The largest absolute Gasteiger partial charge is 0.507 e. The Balaban J connectivity index is 2.19. The Kier molecular flexibility index (Phi) is 3.89.